The number of halogens is 1. The number of nitrogens with zero attached hydrogens (tertiary/aromatic N) is 3. The minimum absolute atomic E-state index is 0.0400. The van der Waals surface area contributed by atoms with E-state index in [0.717, 1.165) is 5.56 Å². The summed E-state index contributed by atoms with van der Waals surface area (Å²) < 4.78 is 22.2. The van der Waals surface area contributed by atoms with Gasteiger partial charge in [-0.2, -0.15) is 0 Å². The summed E-state index contributed by atoms with van der Waals surface area (Å²) in [4.78, 5) is 162. The number of likely N-dealkylation sites (tertiary alicyclic amines) is 1. The van der Waals surface area contributed by atoms with Gasteiger partial charge in [-0.05, 0) is 80.2 Å². The van der Waals surface area contributed by atoms with Crippen LogP contribution in [0.15, 0.2) is 47.3 Å². The molecule has 0 spiro atoms. The molecule has 83 heavy (non-hydrogen) atoms. The number of nitrogens with one attached hydrogen (secondary N) is 4. The number of carboxylic acids is 1. The van der Waals surface area contributed by atoms with Crippen LogP contribution in [0.1, 0.15) is 149 Å². The molecule has 5 heterocycles. The van der Waals surface area contributed by atoms with Crippen molar-refractivity contribution >= 4 is 75.6 Å². The Hall–Kier alpha value is -8.34. The molecular weight excluding hydrogens is 1080 g/mol. The number of hydrogen-bond acceptors (Lipinski definition) is 15. The lowest BCUT2D eigenvalue weighted by atomic mass is 9.81. The van der Waals surface area contributed by atoms with E-state index in [0.29, 0.717) is 59.9 Å². The monoisotopic (exact) mass is 1150 g/mol. The number of imide groups is 1. The number of amides is 6. The first-order valence-corrected chi connectivity index (χ1v) is 28.2. The zero-order valence-electron chi connectivity index (χ0n) is 46.6. The Morgan fingerprint density at radius 1 is 0.843 bits per heavy atom. The molecule has 4 aromatic rings. The second kappa shape index (κ2) is 26.3. The van der Waals surface area contributed by atoms with Gasteiger partial charge in [-0.15, -0.1) is 0 Å². The Balaban J connectivity index is 0.849. The molecule has 4 aliphatic rings. The molecular formula is C60H68FN7O15. The van der Waals surface area contributed by atoms with Gasteiger partial charge in [0.1, 0.15) is 24.2 Å². The number of carbonyl (C=O) groups is 11. The Kier molecular flexibility index (Phi) is 19.2. The molecule has 2 aromatic carbocycles. The number of benzene rings is 2. The Labute approximate surface area is 476 Å². The highest BCUT2D eigenvalue weighted by Crippen LogP contribution is 2.46. The number of aromatic nitrogens is 2. The number of unbranched alkanes of at least 4 members (excludes halogenated alkanes) is 2. The highest BCUT2D eigenvalue weighted by atomic mass is 19.1. The number of Topliss-reactive ketones (excluding diaryl/α,β-unsaturated/α-hetero) is 3. The highest BCUT2D eigenvalue weighted by Gasteiger charge is 2.46. The molecule has 440 valence electrons. The van der Waals surface area contributed by atoms with Gasteiger partial charge in [-0.1, -0.05) is 50.6 Å². The largest absolute Gasteiger partial charge is 0.481 e. The summed E-state index contributed by atoms with van der Waals surface area (Å²) in [6, 6.07) is 9.36. The third-order valence-corrected chi connectivity index (χ3v) is 16.2. The van der Waals surface area contributed by atoms with Crippen LogP contribution in [0, 0.1) is 24.6 Å². The lowest BCUT2D eigenvalue weighted by molar-refractivity contribution is -0.172. The van der Waals surface area contributed by atoms with Gasteiger partial charge in [0.2, 0.25) is 35.4 Å². The molecule has 3 aliphatic heterocycles. The van der Waals surface area contributed by atoms with Crippen LogP contribution >= 0.6 is 0 Å². The van der Waals surface area contributed by atoms with E-state index < -0.39 is 114 Å². The third-order valence-electron chi connectivity index (χ3n) is 16.2. The quantitative estimate of drug-likeness (QED) is 0.0236. The minimum atomic E-state index is -2.11. The minimum Gasteiger partial charge on any atom is -0.481 e. The molecule has 1 fully saturated rings. The van der Waals surface area contributed by atoms with Gasteiger partial charge in [-0.3, -0.25) is 57.6 Å². The van der Waals surface area contributed by atoms with E-state index >= 15 is 4.39 Å². The van der Waals surface area contributed by atoms with Crippen LogP contribution in [0.3, 0.4) is 0 Å². The first kappa shape index (κ1) is 60.7. The van der Waals surface area contributed by atoms with Crippen molar-refractivity contribution in [3.63, 3.8) is 0 Å². The molecule has 0 saturated carbocycles. The van der Waals surface area contributed by atoms with E-state index in [-0.39, 0.29) is 122 Å². The number of pyridine rings is 2. The summed E-state index contributed by atoms with van der Waals surface area (Å²) in [7, 11) is 0. The highest BCUT2D eigenvalue weighted by molar-refractivity contribution is 6.03. The standard InChI is InChI=1S/C60H68FN7O15/c1-4-60(82)42-26-47-54-40(30-68(47)58(80)41(42)31-83-59(60)81)53-44(17-16-39-33(3)43(61)27-46(65-54)52(39)53)66-56(78)45(18-21-51(75)76)64-49(73)20-15-37(70)28-63-55(77)35(24-34-11-7-5-8-12-34)25-38(71)29-62-48(72)19-14-36(69)13-9-6-10-22-67-50(74)23-32(2)57(67)79/h5,7-8,11-12,26-27,32,35,44-45,82H,4,6,9-10,13-25,28-31H2,1-3H3,(H,62,72)(H,63,77)(H,64,73)(H,66,78)(H,75,76)/t32?,35-,44+,45+,60+/m1/s1. The Bertz CT molecular complexity index is 3380. The van der Waals surface area contributed by atoms with Crippen LogP contribution in [0.2, 0.25) is 0 Å². The first-order valence-electron chi connectivity index (χ1n) is 28.2. The predicted octanol–water partition coefficient (Wildman–Crippen LogP) is 3.68. The summed E-state index contributed by atoms with van der Waals surface area (Å²) in [6.07, 6.45) is 0.467. The van der Waals surface area contributed by atoms with E-state index in [2.05, 4.69) is 21.3 Å². The van der Waals surface area contributed by atoms with Gasteiger partial charge in [0.15, 0.2) is 17.2 Å². The number of esters is 1. The maximum Gasteiger partial charge on any atom is 0.343 e. The van der Waals surface area contributed by atoms with Crippen molar-refractivity contribution in [2.24, 2.45) is 11.8 Å². The number of cyclic esters (lactones) is 1. The van der Waals surface area contributed by atoms with Gasteiger partial charge in [-0.25, -0.2) is 14.2 Å². The second-order valence-corrected chi connectivity index (χ2v) is 22.0. The molecule has 0 bridgehead atoms. The van der Waals surface area contributed by atoms with Gasteiger partial charge < -0.3 is 40.8 Å². The second-order valence-electron chi connectivity index (χ2n) is 22.0. The van der Waals surface area contributed by atoms with Crippen LogP contribution < -0.4 is 26.8 Å². The molecule has 1 unspecified atom stereocenters. The predicted molar refractivity (Wildman–Crippen MR) is 294 cm³/mol. The molecule has 1 aliphatic carbocycles. The average Bonchev–Trinajstić information content (AvgIpc) is 2.52. The van der Waals surface area contributed by atoms with E-state index in [4.69, 9.17) is 9.72 Å². The molecule has 8 rings (SSSR count). The molecule has 0 radical (unpaired) electrons. The summed E-state index contributed by atoms with van der Waals surface area (Å²) in [5, 5.41) is 32.2. The fraction of sp³-hybridized carbons (Fsp3) is 0.483. The maximum absolute atomic E-state index is 15.5. The SMILES string of the molecule is CC[C@@]1(O)C(=O)OCc2c1cc1n(c2=O)Cc2c-1nc1cc(F)c(C)c3c1c2[C@@H](NC(=O)[C@H](CCC(=O)O)NC(=O)CCC(=O)CNC(=O)[C@@H](CC(=O)CNC(=O)CCC(=O)CCCCCN1C(=O)CC(C)C1=O)Cc1ccccc1)CC3. The first-order chi connectivity index (χ1) is 39.6. The summed E-state index contributed by atoms with van der Waals surface area (Å²) in [5.41, 5.74) is 1.07. The van der Waals surface area contributed by atoms with Crippen molar-refractivity contribution in [1.29, 1.82) is 0 Å². The zero-order chi connectivity index (χ0) is 59.9. The van der Waals surface area contributed by atoms with E-state index in [9.17, 15) is 67.7 Å². The molecule has 1 saturated heterocycles. The normalized spacial score (nSPS) is 18.3. The van der Waals surface area contributed by atoms with Crippen molar-refractivity contribution in [3.8, 4) is 11.4 Å². The number of hydrogen-bond donors (Lipinski definition) is 6. The van der Waals surface area contributed by atoms with E-state index in [1.165, 1.54) is 21.6 Å². The molecule has 6 N–H and O–H groups in total. The molecule has 2 aromatic heterocycles. The number of fused-ring (bicyclic) bond motifs is 5. The zero-order valence-corrected chi connectivity index (χ0v) is 46.6. The van der Waals surface area contributed by atoms with Crippen molar-refractivity contribution in [2.75, 3.05) is 19.6 Å². The number of carbonyl (C=O) groups excluding carboxylic acids is 10. The lowest BCUT2D eigenvalue weighted by Crippen LogP contribution is -2.48. The van der Waals surface area contributed by atoms with Crippen LogP contribution in [0.5, 0.6) is 0 Å². The van der Waals surface area contributed by atoms with Gasteiger partial charge in [0.25, 0.3) is 5.56 Å². The van der Waals surface area contributed by atoms with Crippen LogP contribution in [-0.4, -0.2) is 115 Å². The average molecular weight is 1150 g/mol. The Morgan fingerprint density at radius 2 is 1.57 bits per heavy atom. The van der Waals surface area contributed by atoms with Gasteiger partial charge >= 0.3 is 11.9 Å². The van der Waals surface area contributed by atoms with Crippen molar-refractivity contribution < 1.29 is 72.1 Å². The fourth-order valence-electron chi connectivity index (χ4n) is 11.5. The van der Waals surface area contributed by atoms with E-state index in [1.54, 1.807) is 51.1 Å². The number of rotatable bonds is 28. The summed E-state index contributed by atoms with van der Waals surface area (Å²) in [5.74, 6) is -8.23. The van der Waals surface area contributed by atoms with Crippen molar-refractivity contribution in [3.05, 3.63) is 97.6 Å². The van der Waals surface area contributed by atoms with E-state index in [1.807, 2.05) is 0 Å². The Morgan fingerprint density at radius 3 is 2.28 bits per heavy atom. The molecule has 23 heteroatoms. The number of ketones is 3. The lowest BCUT2D eigenvalue weighted by Gasteiger charge is -2.31. The molecule has 22 nitrogen and oxygen atoms in total. The number of aliphatic hydroxyl groups is 1. The topological polar surface area (TPSA) is 324 Å². The fourth-order valence-corrected chi connectivity index (χ4v) is 11.5. The smallest absolute Gasteiger partial charge is 0.343 e. The van der Waals surface area contributed by atoms with Crippen LogP contribution in [-0.2, 0) is 89.1 Å². The number of aryl methyl sites for hydroxylation is 1. The number of ether oxygens (including phenoxy) is 1. The third kappa shape index (κ3) is 13.8. The number of aliphatic carboxylic acids is 1. The maximum atomic E-state index is 15.5. The number of carboxylic acid groups (broad SMARTS) is 1. The van der Waals surface area contributed by atoms with Crippen LogP contribution in [0.25, 0.3) is 22.3 Å². The molecule has 6 amide bonds. The van der Waals surface area contributed by atoms with Gasteiger partial charge in [0, 0.05) is 92.3 Å². The molecule has 5 atom stereocenters. The van der Waals surface area contributed by atoms with Crippen molar-refractivity contribution in [2.45, 2.75) is 154 Å². The summed E-state index contributed by atoms with van der Waals surface area (Å²) >= 11 is 0. The van der Waals surface area contributed by atoms with Crippen molar-refractivity contribution in [1.82, 2.24) is 35.7 Å². The van der Waals surface area contributed by atoms with Gasteiger partial charge in [0.05, 0.1) is 48.1 Å². The van der Waals surface area contributed by atoms with Crippen LogP contribution in [0.4, 0.5) is 4.39 Å². The summed E-state index contributed by atoms with van der Waals surface area (Å²) in [6.45, 7) is 3.89.